The van der Waals surface area contributed by atoms with E-state index < -0.39 is 0 Å². The van der Waals surface area contributed by atoms with Crippen molar-refractivity contribution >= 4 is 48.8 Å². The predicted molar refractivity (Wildman–Crippen MR) is 131 cm³/mol. The third-order valence-electron chi connectivity index (χ3n) is 6.19. The molecule has 29 heavy (non-hydrogen) atoms. The number of para-hydroxylation sites is 1. The molecule has 0 amide bonds. The molecule has 2 nitrogen and oxygen atoms in total. The molecular formula is C26H33BrN2. The highest BCUT2D eigenvalue weighted by molar-refractivity contribution is 9.10. The lowest BCUT2D eigenvalue weighted by atomic mass is 10.2. The van der Waals surface area contributed by atoms with Gasteiger partial charge < -0.3 is 9.13 Å². The Kier molecular flexibility index (Phi) is 6.64. The van der Waals surface area contributed by atoms with E-state index in [9.17, 15) is 0 Å². The molecule has 4 aromatic rings. The summed E-state index contributed by atoms with van der Waals surface area (Å²) in [6, 6.07) is 15.8. The smallest absolute Gasteiger partial charge is 0.0754 e. The first-order valence-electron chi connectivity index (χ1n) is 11.4. The number of rotatable bonds is 10. The maximum absolute atomic E-state index is 3.72. The van der Waals surface area contributed by atoms with E-state index in [0.717, 1.165) is 17.6 Å². The van der Waals surface area contributed by atoms with Gasteiger partial charge in [-0.05, 0) is 37.1 Å². The number of hydrogen-bond donors (Lipinski definition) is 0. The zero-order valence-electron chi connectivity index (χ0n) is 17.9. The Bertz CT molecular complexity index is 1090. The molecule has 0 saturated carbocycles. The van der Waals surface area contributed by atoms with E-state index in [4.69, 9.17) is 0 Å². The molecule has 2 aromatic carbocycles. The minimum absolute atomic E-state index is 1.10. The molecular weight excluding hydrogens is 420 g/mol. The van der Waals surface area contributed by atoms with Gasteiger partial charge in [-0.2, -0.15) is 0 Å². The van der Waals surface area contributed by atoms with E-state index >= 15 is 0 Å². The first-order valence-corrected chi connectivity index (χ1v) is 12.2. The fraction of sp³-hybridized carbons (Fsp3) is 0.462. The van der Waals surface area contributed by atoms with Crippen LogP contribution in [-0.2, 0) is 13.1 Å². The molecule has 2 aromatic heterocycles. The van der Waals surface area contributed by atoms with Gasteiger partial charge in [0.2, 0.25) is 0 Å². The van der Waals surface area contributed by atoms with Crippen molar-refractivity contribution in [2.24, 2.45) is 0 Å². The summed E-state index contributed by atoms with van der Waals surface area (Å²) in [6.07, 6.45) is 10.3. The van der Waals surface area contributed by atoms with Gasteiger partial charge in [-0.15, -0.1) is 0 Å². The van der Waals surface area contributed by atoms with Gasteiger partial charge in [-0.1, -0.05) is 86.5 Å². The van der Waals surface area contributed by atoms with Crippen molar-refractivity contribution in [2.75, 3.05) is 0 Å². The van der Waals surface area contributed by atoms with Gasteiger partial charge in [0.25, 0.3) is 0 Å². The summed E-state index contributed by atoms with van der Waals surface area (Å²) < 4.78 is 6.35. The molecule has 0 unspecified atom stereocenters. The molecule has 2 heterocycles. The van der Waals surface area contributed by atoms with Crippen LogP contribution in [0.25, 0.3) is 32.8 Å². The number of nitrogens with zero attached hydrogens (tertiary/aromatic N) is 2. The van der Waals surface area contributed by atoms with E-state index in [1.807, 2.05) is 0 Å². The highest BCUT2D eigenvalue weighted by Gasteiger charge is 2.19. The summed E-state index contributed by atoms with van der Waals surface area (Å²) in [5.74, 6) is 0. The number of unbranched alkanes of at least 4 members (excludes halogenated alkanes) is 6. The van der Waals surface area contributed by atoms with Crippen molar-refractivity contribution < 1.29 is 0 Å². The van der Waals surface area contributed by atoms with E-state index in [-0.39, 0.29) is 0 Å². The molecule has 0 fully saturated rings. The maximum Gasteiger partial charge on any atom is 0.0754 e. The van der Waals surface area contributed by atoms with Crippen LogP contribution >= 0.6 is 15.9 Å². The Labute approximate surface area is 183 Å². The molecule has 3 heteroatoms. The quantitative estimate of drug-likeness (QED) is 0.213. The zero-order chi connectivity index (χ0) is 20.2. The number of halogens is 1. The zero-order valence-corrected chi connectivity index (χ0v) is 19.5. The van der Waals surface area contributed by atoms with Crippen LogP contribution < -0.4 is 0 Å². The highest BCUT2D eigenvalue weighted by Crippen LogP contribution is 2.38. The number of aromatic nitrogens is 2. The van der Waals surface area contributed by atoms with E-state index in [0.29, 0.717) is 0 Å². The standard InChI is InChI=1S/C26H33BrN2/c1-3-5-7-11-17-28-23-14-10-9-13-21(23)25-26(28)22-19-20(27)15-16-24(22)29(25)18-12-8-6-4-2/h9-10,13-16,19H,3-8,11-12,17-18H2,1-2H3. The average molecular weight is 453 g/mol. The van der Waals surface area contributed by atoms with Crippen molar-refractivity contribution in [3.05, 3.63) is 46.9 Å². The molecule has 0 spiro atoms. The number of hydrogen-bond acceptors (Lipinski definition) is 0. The van der Waals surface area contributed by atoms with E-state index in [2.05, 4.69) is 81.4 Å². The third-order valence-corrected chi connectivity index (χ3v) is 6.68. The summed E-state index contributed by atoms with van der Waals surface area (Å²) in [4.78, 5) is 0. The second-order valence-corrected chi connectivity index (χ2v) is 9.22. The fourth-order valence-electron chi connectivity index (χ4n) is 4.74. The van der Waals surface area contributed by atoms with Crippen molar-refractivity contribution in [1.82, 2.24) is 9.13 Å². The van der Waals surface area contributed by atoms with Gasteiger partial charge in [0.1, 0.15) is 0 Å². The lowest BCUT2D eigenvalue weighted by Gasteiger charge is -2.09. The normalized spacial score (nSPS) is 12.0. The largest absolute Gasteiger partial charge is 0.339 e. The minimum Gasteiger partial charge on any atom is -0.339 e. The van der Waals surface area contributed by atoms with Crippen LogP contribution in [0.4, 0.5) is 0 Å². The number of aryl methyl sites for hydroxylation is 2. The summed E-state index contributed by atoms with van der Waals surface area (Å²) >= 11 is 3.72. The fourth-order valence-corrected chi connectivity index (χ4v) is 5.10. The van der Waals surface area contributed by atoms with Crippen molar-refractivity contribution in [2.45, 2.75) is 78.3 Å². The minimum atomic E-state index is 1.10. The van der Waals surface area contributed by atoms with Crippen LogP contribution in [-0.4, -0.2) is 9.13 Å². The molecule has 0 aliphatic carbocycles. The number of benzene rings is 2. The van der Waals surface area contributed by atoms with Crippen molar-refractivity contribution in [1.29, 1.82) is 0 Å². The molecule has 0 N–H and O–H groups in total. The molecule has 4 rings (SSSR count). The molecule has 0 saturated heterocycles. The van der Waals surface area contributed by atoms with Crippen LogP contribution in [0.15, 0.2) is 46.9 Å². The lowest BCUT2D eigenvalue weighted by Crippen LogP contribution is -1.97. The lowest BCUT2D eigenvalue weighted by molar-refractivity contribution is 0.600. The molecule has 0 bridgehead atoms. The van der Waals surface area contributed by atoms with Crippen LogP contribution in [0.5, 0.6) is 0 Å². The van der Waals surface area contributed by atoms with Gasteiger partial charge in [0, 0.05) is 28.3 Å². The van der Waals surface area contributed by atoms with Crippen molar-refractivity contribution in [3.8, 4) is 0 Å². The predicted octanol–water partition coefficient (Wildman–Crippen LogP) is 8.67. The van der Waals surface area contributed by atoms with Crippen LogP contribution in [0.3, 0.4) is 0 Å². The second kappa shape index (κ2) is 9.38. The summed E-state index contributed by atoms with van der Waals surface area (Å²) in [6.45, 7) is 6.77. The Balaban J connectivity index is 1.89. The van der Waals surface area contributed by atoms with Gasteiger partial charge >= 0.3 is 0 Å². The van der Waals surface area contributed by atoms with E-state index in [1.165, 1.54) is 84.2 Å². The molecule has 154 valence electrons. The maximum atomic E-state index is 3.72. The molecule has 0 aliphatic rings. The van der Waals surface area contributed by atoms with Gasteiger partial charge in [-0.3, -0.25) is 0 Å². The average Bonchev–Trinajstić information content (AvgIpc) is 3.22. The topological polar surface area (TPSA) is 9.86 Å². The first-order chi connectivity index (χ1) is 14.3. The second-order valence-electron chi connectivity index (χ2n) is 8.30. The Morgan fingerprint density at radius 3 is 1.90 bits per heavy atom. The number of fused-ring (bicyclic) bond motifs is 5. The Morgan fingerprint density at radius 1 is 0.655 bits per heavy atom. The summed E-state index contributed by atoms with van der Waals surface area (Å²) in [5, 5.41) is 2.79. The van der Waals surface area contributed by atoms with Crippen LogP contribution in [0, 0.1) is 0 Å². The van der Waals surface area contributed by atoms with Gasteiger partial charge in [0.05, 0.1) is 22.1 Å². The highest BCUT2D eigenvalue weighted by atomic mass is 79.9. The van der Waals surface area contributed by atoms with Crippen LogP contribution in [0.1, 0.15) is 65.2 Å². The molecule has 0 aliphatic heterocycles. The third kappa shape index (κ3) is 3.99. The molecule has 0 atom stereocenters. The summed E-state index contributed by atoms with van der Waals surface area (Å²) in [7, 11) is 0. The first kappa shape index (κ1) is 20.5. The van der Waals surface area contributed by atoms with Gasteiger partial charge in [-0.25, -0.2) is 0 Å². The Hall–Kier alpha value is -1.74. The Morgan fingerprint density at radius 2 is 1.24 bits per heavy atom. The monoisotopic (exact) mass is 452 g/mol. The SMILES string of the molecule is CCCCCCn1c2ccc(Br)cc2c2c1c1ccccc1n2CCCCCC. The molecule has 0 radical (unpaired) electrons. The van der Waals surface area contributed by atoms with E-state index in [1.54, 1.807) is 0 Å². The van der Waals surface area contributed by atoms with Gasteiger partial charge in [0.15, 0.2) is 0 Å². The van der Waals surface area contributed by atoms with Crippen molar-refractivity contribution in [3.63, 3.8) is 0 Å². The van der Waals surface area contributed by atoms with Crippen LogP contribution in [0.2, 0.25) is 0 Å². The summed E-state index contributed by atoms with van der Waals surface area (Å²) in [5.41, 5.74) is 5.62.